The van der Waals surface area contributed by atoms with Gasteiger partial charge >= 0.3 is 12.1 Å². The molecule has 0 saturated heterocycles. The number of unbranched alkanes of at least 4 members (excludes halogenated alkanes) is 12. The first-order valence-electron chi connectivity index (χ1n) is 11.8. The van der Waals surface area contributed by atoms with E-state index < -0.39 is 12.1 Å². The van der Waals surface area contributed by atoms with Crippen molar-refractivity contribution < 1.29 is 19.1 Å². The van der Waals surface area contributed by atoms with Crippen LogP contribution >= 0.6 is 0 Å². The lowest BCUT2D eigenvalue weighted by Crippen LogP contribution is -2.42. The second-order valence-corrected chi connectivity index (χ2v) is 7.62. The Balaban J connectivity index is 3.67. The van der Waals surface area contributed by atoms with E-state index in [-0.39, 0.29) is 5.97 Å². The molecule has 166 valence electrons. The molecule has 0 aliphatic rings. The fraction of sp³-hybridized carbons (Fsp3) is 0.913. The van der Waals surface area contributed by atoms with Crippen LogP contribution in [0.4, 0.5) is 4.79 Å². The lowest BCUT2D eigenvalue weighted by molar-refractivity contribution is -0.146. The van der Waals surface area contributed by atoms with Crippen molar-refractivity contribution in [2.75, 3.05) is 13.2 Å². The third-order valence-electron chi connectivity index (χ3n) is 4.94. The minimum absolute atomic E-state index is 0.292. The molecule has 5 nitrogen and oxygen atoms in total. The molecule has 1 atom stereocenters. The molecule has 0 heterocycles. The zero-order chi connectivity index (χ0) is 20.9. The number of rotatable bonds is 19. The molecule has 1 amide bonds. The molecule has 0 saturated carbocycles. The van der Waals surface area contributed by atoms with Gasteiger partial charge in [-0.25, -0.2) is 9.59 Å². The topological polar surface area (TPSA) is 64.6 Å². The van der Waals surface area contributed by atoms with Gasteiger partial charge in [-0.05, 0) is 19.8 Å². The maximum Gasteiger partial charge on any atom is 0.407 e. The molecule has 0 fully saturated rings. The second kappa shape index (κ2) is 20.5. The highest BCUT2D eigenvalue weighted by atomic mass is 16.6. The number of hydrogen-bond donors (Lipinski definition) is 1. The zero-order valence-corrected chi connectivity index (χ0v) is 18.7. The molecule has 5 heteroatoms. The van der Waals surface area contributed by atoms with Gasteiger partial charge in [0.2, 0.25) is 0 Å². The average Bonchev–Trinajstić information content (AvgIpc) is 2.68. The number of amides is 1. The van der Waals surface area contributed by atoms with E-state index >= 15 is 0 Å². The summed E-state index contributed by atoms with van der Waals surface area (Å²) in [5.74, 6) is -0.343. The highest BCUT2D eigenvalue weighted by molar-refractivity contribution is 5.81. The number of alkyl carbamates (subject to hydrolysis) is 1. The summed E-state index contributed by atoms with van der Waals surface area (Å²) in [4.78, 5) is 23.8. The molecule has 0 aliphatic heterocycles. The summed E-state index contributed by atoms with van der Waals surface area (Å²) in [7, 11) is 0. The Labute approximate surface area is 173 Å². The molecule has 0 aromatic rings. The summed E-state index contributed by atoms with van der Waals surface area (Å²) in [6, 6.07) is -0.601. The van der Waals surface area contributed by atoms with E-state index in [0.717, 1.165) is 25.7 Å². The predicted molar refractivity (Wildman–Crippen MR) is 116 cm³/mol. The van der Waals surface area contributed by atoms with E-state index in [0.29, 0.717) is 19.6 Å². The predicted octanol–water partition coefficient (Wildman–Crippen LogP) is 6.54. The molecular weight excluding hydrogens is 354 g/mol. The number of ether oxygens (including phenoxy) is 2. The SMILES string of the molecule is CCCCCCCCCCCCCCOC(=O)C(CCCC)NC(=O)OCC. The summed E-state index contributed by atoms with van der Waals surface area (Å²) in [5.41, 5.74) is 0. The van der Waals surface area contributed by atoms with E-state index in [2.05, 4.69) is 19.2 Å². The van der Waals surface area contributed by atoms with Crippen LogP contribution in [0.3, 0.4) is 0 Å². The van der Waals surface area contributed by atoms with E-state index in [4.69, 9.17) is 9.47 Å². The molecule has 0 aliphatic carbocycles. The fourth-order valence-electron chi connectivity index (χ4n) is 3.19. The van der Waals surface area contributed by atoms with Crippen molar-refractivity contribution in [3.8, 4) is 0 Å². The van der Waals surface area contributed by atoms with Crippen LogP contribution in [0, 0.1) is 0 Å². The molecule has 0 bridgehead atoms. The Morgan fingerprint density at radius 3 is 1.68 bits per heavy atom. The third-order valence-corrected chi connectivity index (χ3v) is 4.94. The summed E-state index contributed by atoms with van der Waals surface area (Å²) < 4.78 is 10.2. The van der Waals surface area contributed by atoms with Crippen molar-refractivity contribution in [1.29, 1.82) is 0 Å². The summed E-state index contributed by atoms with van der Waals surface area (Å²) in [5, 5.41) is 2.61. The van der Waals surface area contributed by atoms with Crippen LogP contribution in [0.25, 0.3) is 0 Å². The smallest absolute Gasteiger partial charge is 0.407 e. The maximum atomic E-state index is 12.2. The zero-order valence-electron chi connectivity index (χ0n) is 18.7. The van der Waals surface area contributed by atoms with Gasteiger partial charge in [0.15, 0.2) is 0 Å². The van der Waals surface area contributed by atoms with E-state index in [1.807, 2.05) is 0 Å². The van der Waals surface area contributed by atoms with Gasteiger partial charge in [0, 0.05) is 0 Å². The Morgan fingerprint density at radius 1 is 0.679 bits per heavy atom. The van der Waals surface area contributed by atoms with Gasteiger partial charge in [0.1, 0.15) is 6.04 Å². The lowest BCUT2D eigenvalue weighted by atomic mass is 10.1. The Bertz CT molecular complexity index is 374. The number of esters is 1. The first-order chi connectivity index (χ1) is 13.7. The Morgan fingerprint density at radius 2 is 1.18 bits per heavy atom. The summed E-state index contributed by atoms with van der Waals surface area (Å²) in [6.45, 7) is 6.78. The summed E-state index contributed by atoms with van der Waals surface area (Å²) >= 11 is 0. The van der Waals surface area contributed by atoms with Gasteiger partial charge in [-0.3, -0.25) is 0 Å². The van der Waals surface area contributed by atoms with Crippen molar-refractivity contribution in [2.45, 2.75) is 123 Å². The van der Waals surface area contributed by atoms with Gasteiger partial charge in [0.25, 0.3) is 0 Å². The minimum Gasteiger partial charge on any atom is -0.464 e. The van der Waals surface area contributed by atoms with Crippen molar-refractivity contribution in [3.05, 3.63) is 0 Å². The normalized spacial score (nSPS) is 11.8. The average molecular weight is 400 g/mol. The van der Waals surface area contributed by atoms with Crippen LogP contribution in [-0.2, 0) is 14.3 Å². The number of carbonyl (C=O) groups excluding carboxylic acids is 2. The molecule has 28 heavy (non-hydrogen) atoms. The van der Waals surface area contributed by atoms with Crippen molar-refractivity contribution in [2.24, 2.45) is 0 Å². The molecule has 0 radical (unpaired) electrons. The lowest BCUT2D eigenvalue weighted by Gasteiger charge is -2.17. The van der Waals surface area contributed by atoms with Crippen LogP contribution in [0.15, 0.2) is 0 Å². The van der Waals surface area contributed by atoms with Gasteiger partial charge in [0.05, 0.1) is 13.2 Å². The van der Waals surface area contributed by atoms with E-state index in [1.54, 1.807) is 6.92 Å². The molecule has 1 N–H and O–H groups in total. The summed E-state index contributed by atoms with van der Waals surface area (Å²) in [6.07, 6.45) is 17.2. The molecular formula is C23H45NO4. The van der Waals surface area contributed by atoms with Crippen LogP contribution in [0.2, 0.25) is 0 Å². The van der Waals surface area contributed by atoms with Crippen LogP contribution in [0.1, 0.15) is 117 Å². The van der Waals surface area contributed by atoms with Crippen LogP contribution < -0.4 is 5.32 Å². The van der Waals surface area contributed by atoms with Gasteiger partial charge in [-0.1, -0.05) is 97.3 Å². The first-order valence-corrected chi connectivity index (χ1v) is 11.8. The highest BCUT2D eigenvalue weighted by Gasteiger charge is 2.22. The molecule has 0 spiro atoms. The number of carbonyl (C=O) groups is 2. The van der Waals surface area contributed by atoms with Gasteiger partial charge in [-0.2, -0.15) is 0 Å². The van der Waals surface area contributed by atoms with Crippen molar-refractivity contribution in [3.63, 3.8) is 0 Å². The Hall–Kier alpha value is -1.26. The Kier molecular flexibility index (Phi) is 19.6. The van der Waals surface area contributed by atoms with Crippen LogP contribution in [0.5, 0.6) is 0 Å². The maximum absolute atomic E-state index is 12.2. The van der Waals surface area contributed by atoms with Crippen molar-refractivity contribution >= 4 is 12.1 Å². The molecule has 1 unspecified atom stereocenters. The number of hydrogen-bond acceptors (Lipinski definition) is 4. The van der Waals surface area contributed by atoms with Gasteiger partial charge < -0.3 is 14.8 Å². The van der Waals surface area contributed by atoms with E-state index in [9.17, 15) is 9.59 Å². The standard InChI is InChI=1S/C23H45NO4/c1-4-7-9-10-11-12-13-14-15-16-17-18-20-28-22(25)21(19-8-5-2)24-23(26)27-6-3/h21H,4-20H2,1-3H3,(H,24,26). The molecule has 0 aromatic heterocycles. The number of nitrogens with one attached hydrogen (secondary N) is 1. The highest BCUT2D eigenvalue weighted by Crippen LogP contribution is 2.12. The first kappa shape index (κ1) is 26.7. The largest absolute Gasteiger partial charge is 0.464 e. The molecule has 0 aromatic carbocycles. The van der Waals surface area contributed by atoms with Gasteiger partial charge in [-0.15, -0.1) is 0 Å². The van der Waals surface area contributed by atoms with Crippen molar-refractivity contribution in [1.82, 2.24) is 5.32 Å². The second-order valence-electron chi connectivity index (χ2n) is 7.62. The van der Waals surface area contributed by atoms with E-state index in [1.165, 1.54) is 64.2 Å². The quantitative estimate of drug-likeness (QED) is 0.198. The fourth-order valence-corrected chi connectivity index (χ4v) is 3.19. The van der Waals surface area contributed by atoms with Crippen LogP contribution in [-0.4, -0.2) is 31.3 Å². The monoisotopic (exact) mass is 399 g/mol. The minimum atomic E-state index is -0.601. The molecule has 0 rings (SSSR count). The third kappa shape index (κ3) is 16.9.